The number of nitrogens with zero attached hydrogens (tertiary/aromatic N) is 1. The summed E-state index contributed by atoms with van der Waals surface area (Å²) in [6, 6.07) is 5.29. The van der Waals surface area contributed by atoms with Crippen LogP contribution in [0.25, 0.3) is 0 Å². The minimum absolute atomic E-state index is 0.0129. The third-order valence-corrected chi connectivity index (χ3v) is 12.8. The quantitative estimate of drug-likeness (QED) is 0.296. The molecule has 2 fully saturated rings. The Labute approximate surface area is 242 Å². The Morgan fingerprint density at radius 1 is 0.860 bits per heavy atom. The van der Waals surface area contributed by atoms with E-state index in [2.05, 4.69) is 0 Å². The molecule has 2 heterocycles. The van der Waals surface area contributed by atoms with E-state index in [0.717, 1.165) is 24.3 Å². The lowest BCUT2D eigenvalue weighted by molar-refractivity contribution is -0.348. The Kier molecular flexibility index (Phi) is 8.25. The zero-order chi connectivity index (χ0) is 32.3. The van der Waals surface area contributed by atoms with E-state index in [1.165, 1.54) is 4.90 Å². The molecule has 0 aromatic heterocycles. The fraction of sp³-hybridized carbons (Fsp3) is 0.519. The van der Waals surface area contributed by atoms with Crippen LogP contribution in [0.3, 0.4) is 0 Å². The number of sulfone groups is 2. The van der Waals surface area contributed by atoms with Crippen LogP contribution in [0.1, 0.15) is 43.7 Å². The second kappa shape index (κ2) is 10.7. The maximum atomic E-state index is 14.7. The predicted molar refractivity (Wildman–Crippen MR) is 138 cm³/mol. The highest BCUT2D eigenvalue weighted by molar-refractivity contribution is 7.92. The molecule has 0 radical (unpaired) electrons. The average Bonchev–Trinajstić information content (AvgIpc) is 3.39. The van der Waals surface area contributed by atoms with Gasteiger partial charge in [-0.1, -0.05) is 31.2 Å². The monoisotopic (exact) mass is 661 g/mol. The number of rotatable bonds is 6. The Bertz CT molecular complexity index is 1560. The minimum Gasteiger partial charge on any atom is -0.340 e. The average molecular weight is 662 g/mol. The third kappa shape index (κ3) is 5.42. The first kappa shape index (κ1) is 33.1. The largest absolute Gasteiger partial charge is 0.435 e. The first-order chi connectivity index (χ1) is 19.7. The van der Waals surface area contributed by atoms with Gasteiger partial charge in [-0.3, -0.25) is 4.79 Å². The van der Waals surface area contributed by atoms with E-state index in [9.17, 15) is 56.8 Å². The molecule has 4 rings (SSSR count). The molecule has 0 unspecified atom stereocenters. The van der Waals surface area contributed by atoms with Crippen LogP contribution >= 0.6 is 0 Å². The summed E-state index contributed by atoms with van der Waals surface area (Å²) in [5, 5.41) is 0. The highest BCUT2D eigenvalue weighted by Gasteiger charge is 2.73. The van der Waals surface area contributed by atoms with Crippen LogP contribution < -0.4 is 0 Å². The van der Waals surface area contributed by atoms with Crippen LogP contribution in [0.4, 0.5) is 35.1 Å². The van der Waals surface area contributed by atoms with Gasteiger partial charge in [0, 0.05) is 18.7 Å². The molecule has 2 aliphatic rings. The second-order valence-electron chi connectivity index (χ2n) is 10.9. The molecule has 0 N–H and O–H groups in total. The zero-order valence-corrected chi connectivity index (χ0v) is 24.2. The van der Waals surface area contributed by atoms with Crippen LogP contribution in [-0.4, -0.2) is 64.6 Å². The van der Waals surface area contributed by atoms with Crippen molar-refractivity contribution >= 4 is 25.6 Å². The van der Waals surface area contributed by atoms with E-state index in [1.54, 1.807) is 6.92 Å². The van der Waals surface area contributed by atoms with E-state index < -0.39 is 76.6 Å². The summed E-state index contributed by atoms with van der Waals surface area (Å²) in [6.07, 6.45) is -12.9. The minimum atomic E-state index is -6.39. The molecule has 6 nitrogen and oxygen atoms in total. The first-order valence-electron chi connectivity index (χ1n) is 13.1. The lowest BCUT2D eigenvalue weighted by atomic mass is 9.78. The summed E-state index contributed by atoms with van der Waals surface area (Å²) in [7, 11) is -7.99. The van der Waals surface area contributed by atoms with Crippen molar-refractivity contribution in [2.75, 3.05) is 24.6 Å². The molecule has 1 atom stereocenters. The van der Waals surface area contributed by atoms with Gasteiger partial charge in [0.2, 0.25) is 5.91 Å². The molecule has 43 heavy (non-hydrogen) atoms. The fourth-order valence-electron chi connectivity index (χ4n) is 5.88. The van der Waals surface area contributed by atoms with Gasteiger partial charge in [-0.25, -0.2) is 25.6 Å². The van der Waals surface area contributed by atoms with Crippen molar-refractivity contribution in [3.8, 4) is 0 Å². The number of alkyl halides is 7. The van der Waals surface area contributed by atoms with E-state index in [1.807, 2.05) is 0 Å². The normalized spacial score (nSPS) is 22.9. The van der Waals surface area contributed by atoms with Gasteiger partial charge in [0.25, 0.3) is 0 Å². The van der Waals surface area contributed by atoms with Gasteiger partial charge < -0.3 is 4.90 Å². The SMILES string of the molecule is CCC1(C(=O)N2CC[C@](c3ccc(C(F)(C(F)(F)F)C(F)(F)F)cc3)(S(=O)(=O)c3ccc(F)cc3)C2)CCS(=O)(=O)CC1. The summed E-state index contributed by atoms with van der Waals surface area (Å²) in [5.74, 6) is -1.83. The van der Waals surface area contributed by atoms with Crippen molar-refractivity contribution in [3.63, 3.8) is 0 Å². The van der Waals surface area contributed by atoms with Gasteiger partial charge in [0.15, 0.2) is 9.84 Å². The smallest absolute Gasteiger partial charge is 0.340 e. The molecule has 16 heteroatoms. The molecule has 2 aliphatic heterocycles. The number of carbonyl (C=O) groups excluding carboxylic acids is 1. The molecule has 2 aromatic carbocycles. The van der Waals surface area contributed by atoms with Crippen molar-refractivity contribution in [3.05, 3.63) is 65.5 Å². The number of benzene rings is 2. The van der Waals surface area contributed by atoms with Crippen LogP contribution in [0.15, 0.2) is 53.4 Å². The number of hydrogen-bond acceptors (Lipinski definition) is 5. The Morgan fingerprint density at radius 2 is 1.37 bits per heavy atom. The summed E-state index contributed by atoms with van der Waals surface area (Å²) in [4.78, 5) is 14.6. The van der Waals surface area contributed by atoms with E-state index in [0.29, 0.717) is 12.1 Å². The fourth-order valence-corrected chi connectivity index (χ4v) is 9.56. The summed E-state index contributed by atoms with van der Waals surface area (Å²) >= 11 is 0. The molecular weight excluding hydrogens is 634 g/mol. The van der Waals surface area contributed by atoms with Gasteiger partial charge in [-0.15, -0.1) is 0 Å². The molecule has 0 bridgehead atoms. The van der Waals surface area contributed by atoms with Crippen molar-refractivity contribution in [1.29, 1.82) is 0 Å². The molecular formula is C27H27F8NO5S2. The van der Waals surface area contributed by atoms with Gasteiger partial charge >= 0.3 is 18.0 Å². The third-order valence-electron chi connectivity index (χ3n) is 8.66. The van der Waals surface area contributed by atoms with E-state index >= 15 is 0 Å². The van der Waals surface area contributed by atoms with Crippen molar-refractivity contribution < 1.29 is 56.8 Å². The maximum Gasteiger partial charge on any atom is 0.435 e. The molecule has 238 valence electrons. The van der Waals surface area contributed by atoms with Crippen molar-refractivity contribution in [1.82, 2.24) is 4.90 Å². The van der Waals surface area contributed by atoms with Gasteiger partial charge in [-0.2, -0.15) is 26.3 Å². The summed E-state index contributed by atoms with van der Waals surface area (Å²) in [5.41, 5.74) is -8.99. The first-order valence-corrected chi connectivity index (χ1v) is 16.4. The van der Waals surface area contributed by atoms with Crippen LogP contribution in [0.2, 0.25) is 0 Å². The predicted octanol–water partition coefficient (Wildman–Crippen LogP) is 5.62. The summed E-state index contributed by atoms with van der Waals surface area (Å²) < 4.78 is 158. The van der Waals surface area contributed by atoms with Crippen molar-refractivity contribution in [2.24, 2.45) is 5.41 Å². The van der Waals surface area contributed by atoms with Crippen molar-refractivity contribution in [2.45, 2.75) is 60.3 Å². The molecule has 0 spiro atoms. The lowest BCUT2D eigenvalue weighted by Crippen LogP contribution is -2.50. The molecule has 2 aromatic rings. The highest BCUT2D eigenvalue weighted by Crippen LogP contribution is 2.54. The van der Waals surface area contributed by atoms with Crippen LogP contribution in [0.5, 0.6) is 0 Å². The number of carbonyl (C=O) groups is 1. The lowest BCUT2D eigenvalue weighted by Gasteiger charge is -2.38. The van der Waals surface area contributed by atoms with E-state index in [-0.39, 0.29) is 61.4 Å². The van der Waals surface area contributed by atoms with E-state index in [4.69, 9.17) is 0 Å². The number of likely N-dealkylation sites (tertiary alicyclic amines) is 1. The Balaban J connectivity index is 1.81. The number of amides is 1. The standard InChI is InChI=1S/C27H27F8NO5S2/c1-2-23(12-15-42(38,39)16-13-23)22(37)36-14-11-24(17-36,43(40,41)21-9-7-20(28)8-10-21)18-3-5-19(6-4-18)25(29,26(30,31)32)27(33,34)35/h3-10H,2,11-17H2,1H3/t24-/m0/s1. The summed E-state index contributed by atoms with van der Waals surface area (Å²) in [6.45, 7) is 0.893. The number of halogens is 8. The highest BCUT2D eigenvalue weighted by atomic mass is 32.2. The Hall–Kier alpha value is -2.75. The maximum absolute atomic E-state index is 14.7. The van der Waals surface area contributed by atoms with Crippen LogP contribution in [0, 0.1) is 11.2 Å². The second-order valence-corrected chi connectivity index (χ2v) is 15.5. The number of hydrogen-bond donors (Lipinski definition) is 0. The molecule has 1 amide bonds. The topological polar surface area (TPSA) is 88.6 Å². The Morgan fingerprint density at radius 3 is 1.84 bits per heavy atom. The van der Waals surface area contributed by atoms with Gasteiger partial charge in [0.05, 0.1) is 21.8 Å². The molecule has 0 saturated carbocycles. The van der Waals surface area contributed by atoms with Gasteiger partial charge in [0.1, 0.15) is 20.4 Å². The molecule has 2 saturated heterocycles. The zero-order valence-electron chi connectivity index (χ0n) is 22.6. The van der Waals surface area contributed by atoms with Gasteiger partial charge in [-0.05, 0) is 55.5 Å². The molecule has 0 aliphatic carbocycles. The van der Waals surface area contributed by atoms with Crippen LogP contribution in [-0.2, 0) is 34.9 Å².